The van der Waals surface area contributed by atoms with Crippen molar-refractivity contribution in [3.63, 3.8) is 0 Å². The quantitative estimate of drug-likeness (QED) is 0.691. The van der Waals surface area contributed by atoms with E-state index in [0.717, 1.165) is 22.8 Å². The highest BCUT2D eigenvalue weighted by Crippen LogP contribution is 2.30. The molecule has 0 aliphatic heterocycles. The lowest BCUT2D eigenvalue weighted by Crippen LogP contribution is -2.43. The number of halogens is 3. The summed E-state index contributed by atoms with van der Waals surface area (Å²) in [6.07, 6.45) is -3.95. The van der Waals surface area contributed by atoms with Crippen molar-refractivity contribution >= 4 is 16.8 Å². The second-order valence-electron chi connectivity index (χ2n) is 6.95. The number of nitrogens with one attached hydrogen (secondary N) is 1. The van der Waals surface area contributed by atoms with Gasteiger partial charge in [0.1, 0.15) is 6.54 Å². The van der Waals surface area contributed by atoms with E-state index in [9.17, 15) is 27.6 Å². The third-order valence-electron chi connectivity index (χ3n) is 4.80. The van der Waals surface area contributed by atoms with Gasteiger partial charge in [-0.05, 0) is 43.7 Å². The van der Waals surface area contributed by atoms with Crippen LogP contribution in [0, 0.1) is 0 Å². The Morgan fingerprint density at radius 3 is 2.47 bits per heavy atom. The predicted molar refractivity (Wildman–Crippen MR) is 107 cm³/mol. The van der Waals surface area contributed by atoms with Crippen LogP contribution in [-0.2, 0) is 17.5 Å². The van der Waals surface area contributed by atoms with E-state index in [-0.39, 0.29) is 29.2 Å². The van der Waals surface area contributed by atoms with Crippen LogP contribution >= 0.6 is 0 Å². The zero-order valence-corrected chi connectivity index (χ0v) is 16.4. The topological polar surface area (TPSA) is 73.1 Å². The Bertz CT molecular complexity index is 1210. The molecule has 158 valence electrons. The number of rotatable bonds is 5. The van der Waals surface area contributed by atoms with Gasteiger partial charge in [-0.2, -0.15) is 13.2 Å². The van der Waals surface area contributed by atoms with Crippen LogP contribution in [0.5, 0.6) is 0 Å². The van der Waals surface area contributed by atoms with Crippen molar-refractivity contribution in [3.05, 3.63) is 74.9 Å². The number of para-hydroxylation sites is 1. The molecule has 0 saturated heterocycles. The van der Waals surface area contributed by atoms with Gasteiger partial charge in [0.15, 0.2) is 0 Å². The van der Waals surface area contributed by atoms with Crippen LogP contribution in [0.2, 0.25) is 0 Å². The maximum atomic E-state index is 13.1. The van der Waals surface area contributed by atoms with Gasteiger partial charge in [0.25, 0.3) is 5.56 Å². The molecule has 30 heavy (non-hydrogen) atoms. The third-order valence-corrected chi connectivity index (χ3v) is 4.80. The summed E-state index contributed by atoms with van der Waals surface area (Å²) in [5.74, 6) is -0.439. The Labute approximate surface area is 169 Å². The van der Waals surface area contributed by atoms with Gasteiger partial charge < -0.3 is 5.32 Å². The van der Waals surface area contributed by atoms with Crippen molar-refractivity contribution < 1.29 is 18.0 Å². The number of alkyl halides is 3. The molecular weight excluding hydrogens is 399 g/mol. The van der Waals surface area contributed by atoms with Gasteiger partial charge in [-0.1, -0.05) is 25.1 Å². The smallest absolute Gasteiger partial charge is 0.352 e. The summed E-state index contributed by atoms with van der Waals surface area (Å²) in [6, 6.07) is 10.0. The minimum absolute atomic E-state index is 0.117. The van der Waals surface area contributed by atoms with E-state index in [4.69, 9.17) is 0 Å². The van der Waals surface area contributed by atoms with Crippen molar-refractivity contribution in [1.82, 2.24) is 14.5 Å². The number of amides is 1. The van der Waals surface area contributed by atoms with Gasteiger partial charge in [-0.15, -0.1) is 0 Å². The minimum Gasteiger partial charge on any atom is -0.352 e. The number of carbonyl (C=O) groups is 1. The summed E-state index contributed by atoms with van der Waals surface area (Å²) in [5, 5.41) is 2.85. The van der Waals surface area contributed by atoms with Gasteiger partial charge in [0.05, 0.1) is 22.2 Å². The largest absolute Gasteiger partial charge is 0.416 e. The first-order valence-corrected chi connectivity index (χ1v) is 9.35. The van der Waals surface area contributed by atoms with E-state index in [1.54, 1.807) is 12.1 Å². The Morgan fingerprint density at radius 1 is 1.10 bits per heavy atom. The molecule has 3 rings (SSSR count). The fourth-order valence-electron chi connectivity index (χ4n) is 3.09. The molecular formula is C21H20F3N3O3. The van der Waals surface area contributed by atoms with Gasteiger partial charge in [0, 0.05) is 6.04 Å². The summed E-state index contributed by atoms with van der Waals surface area (Å²) in [4.78, 5) is 38.5. The molecule has 1 N–H and O–H groups in total. The van der Waals surface area contributed by atoms with Crippen LogP contribution in [0.15, 0.2) is 58.1 Å². The number of benzene rings is 2. The number of hydrogen-bond acceptors (Lipinski definition) is 3. The van der Waals surface area contributed by atoms with Crippen molar-refractivity contribution in [3.8, 4) is 5.69 Å². The molecule has 1 unspecified atom stereocenters. The molecule has 0 aliphatic rings. The van der Waals surface area contributed by atoms with E-state index in [1.807, 2.05) is 13.8 Å². The fraction of sp³-hybridized carbons (Fsp3) is 0.286. The maximum absolute atomic E-state index is 13.1. The van der Waals surface area contributed by atoms with Crippen LogP contribution in [0.3, 0.4) is 0 Å². The Balaban J connectivity index is 2.23. The first-order chi connectivity index (χ1) is 14.1. The van der Waals surface area contributed by atoms with Gasteiger partial charge in [0.2, 0.25) is 5.91 Å². The molecule has 1 amide bonds. The average Bonchev–Trinajstić information content (AvgIpc) is 2.70. The van der Waals surface area contributed by atoms with E-state index in [2.05, 4.69) is 5.32 Å². The van der Waals surface area contributed by atoms with E-state index < -0.39 is 28.9 Å². The van der Waals surface area contributed by atoms with Crippen LogP contribution in [0.4, 0.5) is 13.2 Å². The highest BCUT2D eigenvalue weighted by molar-refractivity contribution is 5.82. The number of carbonyl (C=O) groups excluding carboxylic acids is 1. The van der Waals surface area contributed by atoms with Gasteiger partial charge in [-0.3, -0.25) is 14.2 Å². The van der Waals surface area contributed by atoms with Crippen LogP contribution in [0.25, 0.3) is 16.6 Å². The zero-order chi connectivity index (χ0) is 22.1. The number of aromatic nitrogens is 2. The van der Waals surface area contributed by atoms with Crippen LogP contribution in [0.1, 0.15) is 25.8 Å². The van der Waals surface area contributed by atoms with Gasteiger partial charge >= 0.3 is 11.9 Å². The molecule has 0 radical (unpaired) electrons. The fourth-order valence-corrected chi connectivity index (χ4v) is 3.09. The highest BCUT2D eigenvalue weighted by Gasteiger charge is 2.31. The summed E-state index contributed by atoms with van der Waals surface area (Å²) < 4.78 is 41.1. The molecule has 1 aromatic heterocycles. The summed E-state index contributed by atoms with van der Waals surface area (Å²) in [5.41, 5.74) is -2.62. The molecule has 9 heteroatoms. The number of hydrogen-bond donors (Lipinski definition) is 1. The lowest BCUT2D eigenvalue weighted by Gasteiger charge is -2.16. The monoisotopic (exact) mass is 419 g/mol. The Morgan fingerprint density at radius 2 is 1.80 bits per heavy atom. The SMILES string of the molecule is CCC(C)NC(=O)Cn1c(=O)n(-c2cccc(C(F)(F)F)c2)c(=O)c2ccccc21. The molecule has 0 aliphatic carbocycles. The number of nitrogens with zero attached hydrogens (tertiary/aromatic N) is 2. The molecule has 0 saturated carbocycles. The second-order valence-corrected chi connectivity index (χ2v) is 6.95. The standard InChI is InChI=1S/C21H20F3N3O3/c1-3-13(2)25-18(28)12-26-17-10-5-4-9-16(17)19(29)27(20(26)30)15-8-6-7-14(11-15)21(22,23)24/h4-11,13H,3,12H2,1-2H3,(H,25,28). The van der Waals surface area contributed by atoms with Crippen LogP contribution < -0.4 is 16.6 Å². The third kappa shape index (κ3) is 4.14. The summed E-state index contributed by atoms with van der Waals surface area (Å²) >= 11 is 0. The van der Waals surface area contributed by atoms with Crippen LogP contribution in [-0.4, -0.2) is 21.1 Å². The zero-order valence-electron chi connectivity index (χ0n) is 16.4. The molecule has 1 atom stereocenters. The van der Waals surface area contributed by atoms with Crippen molar-refractivity contribution in [2.24, 2.45) is 0 Å². The molecule has 3 aromatic rings. The molecule has 0 spiro atoms. The minimum atomic E-state index is -4.63. The molecule has 2 aromatic carbocycles. The maximum Gasteiger partial charge on any atom is 0.416 e. The summed E-state index contributed by atoms with van der Waals surface area (Å²) in [6.45, 7) is 3.32. The first kappa shape index (κ1) is 21.4. The molecule has 6 nitrogen and oxygen atoms in total. The molecule has 0 fully saturated rings. The molecule has 0 bridgehead atoms. The van der Waals surface area contributed by atoms with E-state index >= 15 is 0 Å². The van der Waals surface area contributed by atoms with E-state index in [0.29, 0.717) is 11.0 Å². The first-order valence-electron chi connectivity index (χ1n) is 9.35. The average molecular weight is 419 g/mol. The normalized spacial score (nSPS) is 12.7. The second kappa shape index (κ2) is 8.17. The lowest BCUT2D eigenvalue weighted by atomic mass is 10.2. The summed E-state index contributed by atoms with van der Waals surface area (Å²) in [7, 11) is 0. The Hall–Kier alpha value is -3.36. The van der Waals surface area contributed by atoms with Crippen molar-refractivity contribution in [2.45, 2.75) is 39.0 Å². The molecule has 1 heterocycles. The predicted octanol–water partition coefficient (Wildman–Crippen LogP) is 3.09. The lowest BCUT2D eigenvalue weighted by molar-refractivity contribution is -0.137. The van der Waals surface area contributed by atoms with E-state index in [1.165, 1.54) is 18.2 Å². The van der Waals surface area contributed by atoms with Gasteiger partial charge in [-0.25, -0.2) is 9.36 Å². The van der Waals surface area contributed by atoms with Crippen molar-refractivity contribution in [1.29, 1.82) is 0 Å². The Kier molecular flexibility index (Phi) is 5.82. The number of fused-ring (bicyclic) bond motifs is 1. The highest BCUT2D eigenvalue weighted by atomic mass is 19.4. The van der Waals surface area contributed by atoms with Crippen molar-refractivity contribution in [2.75, 3.05) is 0 Å².